The van der Waals surface area contributed by atoms with Crippen molar-refractivity contribution in [1.29, 1.82) is 0 Å². The summed E-state index contributed by atoms with van der Waals surface area (Å²) >= 11 is 0. The predicted octanol–water partition coefficient (Wildman–Crippen LogP) is 9.38. The Labute approximate surface area is 232 Å². The van der Waals surface area contributed by atoms with E-state index in [9.17, 15) is 0 Å². The van der Waals surface area contributed by atoms with E-state index in [1.807, 2.05) is 16.7 Å². The number of rotatable bonds is 0. The maximum atomic E-state index is 2.86. The van der Waals surface area contributed by atoms with Gasteiger partial charge in [-0.05, 0) is 16.7 Å². The third-order valence-corrected chi connectivity index (χ3v) is 65.0. The van der Waals surface area contributed by atoms with Crippen LogP contribution in [0.5, 0.6) is 0 Å². The van der Waals surface area contributed by atoms with Gasteiger partial charge < -0.3 is 0 Å². The fourth-order valence-electron chi connectivity index (χ4n) is 12.6. The molecule has 0 radical (unpaired) electrons. The van der Waals surface area contributed by atoms with Crippen LogP contribution in [0.3, 0.4) is 0 Å². The summed E-state index contributed by atoms with van der Waals surface area (Å²) in [5.74, 6) is 0. The summed E-state index contributed by atoms with van der Waals surface area (Å²) in [4.78, 5) is 6.57. The van der Waals surface area contributed by atoms with E-state index in [-0.39, 0.29) is 0 Å². The zero-order valence-corrected chi connectivity index (χ0v) is 34.8. The number of allylic oxidation sites excluding steroid dienone is 5. The third kappa shape index (κ3) is 3.59. The average Bonchev–Trinajstić information content (AvgIpc) is 2.76. The van der Waals surface area contributed by atoms with Gasteiger partial charge in [0.2, 0.25) is 0 Å². The molecular formula is C28H56Si8. The van der Waals surface area contributed by atoms with Gasteiger partial charge in [-0.15, -0.1) is 0 Å². The van der Waals surface area contributed by atoms with Crippen LogP contribution in [0.4, 0.5) is 0 Å². The SMILES string of the molecule is C[Si]1(C)C[Si](C)(C)C2=C3C4=C([Si](C)(C)C[Si]2(C)C)[Si](C)(C)C[Si](C)(C)C2=C4C(=C31)[Si](C)(C)C[Si]2(C)C. The van der Waals surface area contributed by atoms with E-state index in [1.54, 1.807) is 22.7 Å². The third-order valence-electron chi connectivity index (χ3n) is 10.9. The fraction of sp³-hybridized carbons (Fsp3) is 0.714. The Morgan fingerprint density at radius 1 is 0.278 bits per heavy atom. The lowest BCUT2D eigenvalue weighted by Crippen LogP contribution is -2.57. The highest BCUT2D eigenvalue weighted by molar-refractivity contribution is 7.23. The van der Waals surface area contributed by atoms with Gasteiger partial charge in [0.25, 0.3) is 0 Å². The van der Waals surface area contributed by atoms with E-state index >= 15 is 0 Å². The van der Waals surface area contributed by atoms with Gasteiger partial charge in [-0.25, -0.2) is 0 Å². The minimum Gasteiger partial charge on any atom is -0.0838 e. The van der Waals surface area contributed by atoms with Gasteiger partial charge in [-0.3, -0.25) is 0 Å². The summed E-state index contributed by atoms with van der Waals surface area (Å²) in [6, 6.07) is 0. The Balaban J connectivity index is 2.16. The first-order chi connectivity index (χ1) is 15.8. The lowest BCUT2D eigenvalue weighted by atomic mass is 10.1. The number of hydrogen-bond donors (Lipinski definition) is 0. The molecule has 4 heterocycles. The Bertz CT molecular complexity index is 1140. The standard InChI is InChI=1S/C28H56Si8/c1-29(2)17-31(5,6)27-22-21-23-25(24(22)29)30(3,4)18-32(7,8)28(23)36(15,16)20-34(11,12)26(21)33(9,10)19-35(27,13)14/h17-20H2,1-16H3. The first-order valence-electron chi connectivity index (χ1n) is 14.8. The van der Waals surface area contributed by atoms with Crippen molar-refractivity contribution in [2.45, 2.75) is 127 Å². The summed E-state index contributed by atoms with van der Waals surface area (Å²) in [6.07, 6.45) is 0. The molecule has 0 aromatic heterocycles. The summed E-state index contributed by atoms with van der Waals surface area (Å²) in [5, 5.41) is 4.18. The number of hydrogen-bond acceptors (Lipinski definition) is 0. The fourth-order valence-corrected chi connectivity index (χ4v) is 92.0. The summed E-state index contributed by atoms with van der Waals surface area (Å²) in [6.45, 7) is 45.5. The largest absolute Gasteiger partial charge is 0.0838 e. The van der Waals surface area contributed by atoms with Crippen LogP contribution in [0, 0.1) is 0 Å². The Hall–Kier alpha value is 0.695. The first-order valence-corrected chi connectivity index (χ1v) is 40.5. The molecule has 36 heavy (non-hydrogen) atoms. The summed E-state index contributed by atoms with van der Waals surface area (Å²) in [7, 11) is -11.9. The molecule has 200 valence electrons. The second kappa shape index (κ2) is 7.30. The molecule has 0 saturated heterocycles. The van der Waals surface area contributed by atoms with Crippen LogP contribution in [-0.4, -0.2) is 64.6 Å². The highest BCUT2D eigenvalue weighted by atomic mass is 28.5. The minimum absolute atomic E-state index is 1.45. The molecule has 0 saturated carbocycles. The molecule has 0 spiro atoms. The van der Waals surface area contributed by atoms with Crippen LogP contribution in [-0.2, 0) is 0 Å². The molecule has 0 unspecified atom stereocenters. The minimum atomic E-state index is -1.53. The summed E-state index contributed by atoms with van der Waals surface area (Å²) in [5.41, 5.74) is 12.6. The van der Waals surface area contributed by atoms with E-state index in [0.29, 0.717) is 0 Å². The van der Waals surface area contributed by atoms with Crippen molar-refractivity contribution in [2.75, 3.05) is 0 Å². The molecule has 0 fully saturated rings. The lowest BCUT2D eigenvalue weighted by Gasteiger charge is -2.50. The van der Waals surface area contributed by atoms with Crippen LogP contribution in [0.15, 0.2) is 41.6 Å². The van der Waals surface area contributed by atoms with Crippen LogP contribution in [0.1, 0.15) is 0 Å². The van der Waals surface area contributed by atoms with Crippen molar-refractivity contribution in [3.8, 4) is 0 Å². The highest BCUT2D eigenvalue weighted by Crippen LogP contribution is 2.65. The van der Waals surface area contributed by atoms with E-state index in [1.165, 1.54) is 0 Å². The lowest BCUT2D eigenvalue weighted by molar-refractivity contribution is 1.39. The molecule has 0 aromatic rings. The van der Waals surface area contributed by atoms with E-state index in [2.05, 4.69) is 130 Å². The van der Waals surface area contributed by atoms with Gasteiger partial charge in [-0.1, -0.05) is 152 Å². The van der Waals surface area contributed by atoms with Crippen molar-refractivity contribution in [1.82, 2.24) is 0 Å². The predicted molar refractivity (Wildman–Crippen MR) is 187 cm³/mol. The van der Waals surface area contributed by atoms with Crippen molar-refractivity contribution in [2.24, 2.45) is 0 Å². The van der Waals surface area contributed by atoms with E-state index < -0.39 is 64.6 Å². The first kappa shape index (κ1) is 28.2. The molecule has 0 bridgehead atoms. The highest BCUT2D eigenvalue weighted by Gasteiger charge is 2.64. The zero-order chi connectivity index (χ0) is 27.4. The average molecular weight is 617 g/mol. The maximum absolute atomic E-state index is 2.86. The normalized spacial score (nSPS) is 33.3. The Morgan fingerprint density at radius 2 is 0.472 bits per heavy atom. The second-order valence-corrected chi connectivity index (χ2v) is 60.1. The molecule has 5 rings (SSSR count). The van der Waals surface area contributed by atoms with Crippen LogP contribution < -0.4 is 0 Å². The topological polar surface area (TPSA) is 0 Å². The molecule has 4 aliphatic heterocycles. The zero-order valence-electron chi connectivity index (χ0n) is 26.8. The summed E-state index contributed by atoms with van der Waals surface area (Å²) < 4.78 is 0. The van der Waals surface area contributed by atoms with Gasteiger partial charge in [0.05, 0.1) is 64.6 Å². The molecule has 8 heteroatoms. The molecular weight excluding hydrogens is 561 g/mol. The van der Waals surface area contributed by atoms with Crippen molar-refractivity contribution < 1.29 is 0 Å². The quantitative estimate of drug-likeness (QED) is 0.238. The molecule has 1 aliphatic carbocycles. The van der Waals surface area contributed by atoms with Crippen LogP contribution in [0.2, 0.25) is 127 Å². The smallest absolute Gasteiger partial charge is 0.0790 e. The second-order valence-electron chi connectivity index (χ2n) is 18.8. The van der Waals surface area contributed by atoms with Crippen LogP contribution >= 0.6 is 0 Å². The van der Waals surface area contributed by atoms with Gasteiger partial charge in [0, 0.05) is 0 Å². The molecule has 0 atom stereocenters. The van der Waals surface area contributed by atoms with Gasteiger partial charge in [0.15, 0.2) is 0 Å². The monoisotopic (exact) mass is 616 g/mol. The van der Waals surface area contributed by atoms with Gasteiger partial charge >= 0.3 is 0 Å². The Morgan fingerprint density at radius 3 is 0.722 bits per heavy atom. The van der Waals surface area contributed by atoms with Crippen molar-refractivity contribution >= 4 is 64.6 Å². The molecule has 0 aromatic carbocycles. The van der Waals surface area contributed by atoms with E-state index in [0.717, 1.165) is 0 Å². The molecule has 0 nitrogen and oxygen atoms in total. The maximum Gasteiger partial charge on any atom is 0.0790 e. The van der Waals surface area contributed by atoms with Gasteiger partial charge in [-0.2, -0.15) is 0 Å². The Kier molecular flexibility index (Phi) is 5.73. The molecule has 0 amide bonds. The molecule has 0 N–H and O–H groups in total. The van der Waals surface area contributed by atoms with Crippen molar-refractivity contribution in [3.63, 3.8) is 0 Å². The van der Waals surface area contributed by atoms with E-state index in [4.69, 9.17) is 0 Å². The van der Waals surface area contributed by atoms with Gasteiger partial charge in [0.1, 0.15) is 0 Å². The molecule has 5 aliphatic rings. The van der Waals surface area contributed by atoms with Crippen LogP contribution in [0.25, 0.3) is 0 Å². The van der Waals surface area contributed by atoms with Crippen molar-refractivity contribution in [3.05, 3.63) is 41.6 Å².